The zero-order valence-electron chi connectivity index (χ0n) is 9.74. The van der Waals surface area contributed by atoms with Gasteiger partial charge < -0.3 is 0 Å². The van der Waals surface area contributed by atoms with Gasteiger partial charge in [-0.25, -0.2) is 5.06 Å². The van der Waals surface area contributed by atoms with Crippen LogP contribution in [-0.2, 0) is 9.63 Å². The summed E-state index contributed by atoms with van der Waals surface area (Å²) in [7, 11) is 3.01. The Morgan fingerprint density at radius 1 is 1.47 bits per heavy atom. The highest BCUT2D eigenvalue weighted by Gasteiger charge is 2.19. The first kappa shape index (κ1) is 14.6. The highest BCUT2D eigenvalue weighted by molar-refractivity contribution is 8.00. The van der Waals surface area contributed by atoms with Crippen LogP contribution in [0.4, 0.5) is 0 Å². The van der Waals surface area contributed by atoms with Crippen LogP contribution in [-0.4, -0.2) is 30.4 Å². The van der Waals surface area contributed by atoms with E-state index in [4.69, 9.17) is 28.0 Å². The molecule has 1 amide bonds. The Balaban J connectivity index is 2.77. The summed E-state index contributed by atoms with van der Waals surface area (Å²) in [5.41, 5.74) is 0. The quantitative estimate of drug-likeness (QED) is 0.629. The van der Waals surface area contributed by atoms with E-state index in [0.29, 0.717) is 10.0 Å². The molecule has 6 heteroatoms. The number of hydroxylamine groups is 2. The Morgan fingerprint density at radius 3 is 2.71 bits per heavy atom. The lowest BCUT2D eigenvalue weighted by Gasteiger charge is -2.18. The fourth-order valence-corrected chi connectivity index (χ4v) is 2.65. The summed E-state index contributed by atoms with van der Waals surface area (Å²) in [6, 6.07) is 5.16. The van der Waals surface area contributed by atoms with Crippen molar-refractivity contribution in [1.82, 2.24) is 5.06 Å². The van der Waals surface area contributed by atoms with Crippen LogP contribution in [0, 0.1) is 0 Å². The first-order valence-electron chi connectivity index (χ1n) is 4.89. The number of benzene rings is 1. The van der Waals surface area contributed by atoms with Gasteiger partial charge in [-0.05, 0) is 25.1 Å². The van der Waals surface area contributed by atoms with Crippen LogP contribution in [0.3, 0.4) is 0 Å². The fourth-order valence-electron chi connectivity index (χ4n) is 1.15. The molecule has 1 aromatic carbocycles. The third-order valence-electron chi connectivity index (χ3n) is 2.13. The lowest BCUT2D eigenvalue weighted by Crippen LogP contribution is -2.32. The maximum atomic E-state index is 11.8. The number of rotatable bonds is 4. The van der Waals surface area contributed by atoms with Crippen LogP contribution < -0.4 is 0 Å². The molecule has 0 aliphatic carbocycles. The van der Waals surface area contributed by atoms with Crippen molar-refractivity contribution in [2.75, 3.05) is 14.2 Å². The van der Waals surface area contributed by atoms with Gasteiger partial charge in [0.2, 0.25) is 0 Å². The van der Waals surface area contributed by atoms with Gasteiger partial charge in [0.25, 0.3) is 5.91 Å². The molecule has 3 nitrogen and oxygen atoms in total. The van der Waals surface area contributed by atoms with Crippen molar-refractivity contribution in [3.05, 3.63) is 28.2 Å². The molecule has 0 N–H and O–H groups in total. The summed E-state index contributed by atoms with van der Waals surface area (Å²) < 4.78 is 0. The van der Waals surface area contributed by atoms with Gasteiger partial charge in [-0.2, -0.15) is 0 Å². The summed E-state index contributed by atoms with van der Waals surface area (Å²) in [5.74, 6) is -0.131. The smallest absolute Gasteiger partial charge is 0.259 e. The minimum absolute atomic E-state index is 0.131. The first-order valence-corrected chi connectivity index (χ1v) is 6.52. The van der Waals surface area contributed by atoms with Crippen LogP contribution in [0.2, 0.25) is 10.0 Å². The average molecular weight is 294 g/mol. The highest BCUT2D eigenvalue weighted by atomic mass is 35.5. The summed E-state index contributed by atoms with van der Waals surface area (Å²) in [5, 5.41) is 2.07. The second-order valence-electron chi connectivity index (χ2n) is 3.35. The SMILES string of the molecule is CON(C)C(=O)C(C)Sc1cc(Cl)ccc1Cl. The van der Waals surface area contributed by atoms with Gasteiger partial charge in [-0.3, -0.25) is 9.63 Å². The number of hydrogen-bond acceptors (Lipinski definition) is 3. The van der Waals surface area contributed by atoms with E-state index in [-0.39, 0.29) is 11.2 Å². The van der Waals surface area contributed by atoms with Crippen molar-refractivity contribution >= 4 is 40.9 Å². The number of carbonyl (C=O) groups is 1. The predicted molar refractivity (Wildman–Crippen MR) is 71.6 cm³/mol. The molecule has 0 radical (unpaired) electrons. The molecule has 17 heavy (non-hydrogen) atoms. The van der Waals surface area contributed by atoms with Crippen molar-refractivity contribution in [2.45, 2.75) is 17.1 Å². The largest absolute Gasteiger partial charge is 0.275 e. The Bertz CT molecular complexity index is 414. The minimum atomic E-state index is -0.295. The topological polar surface area (TPSA) is 29.5 Å². The van der Waals surface area contributed by atoms with E-state index in [0.717, 1.165) is 4.90 Å². The van der Waals surface area contributed by atoms with Crippen LogP contribution in [0.5, 0.6) is 0 Å². The van der Waals surface area contributed by atoms with Gasteiger partial charge in [0, 0.05) is 17.0 Å². The predicted octanol–water partition coefficient (Wildman–Crippen LogP) is 3.49. The van der Waals surface area contributed by atoms with Gasteiger partial charge in [-0.1, -0.05) is 23.2 Å². The molecule has 0 saturated heterocycles. The second-order valence-corrected chi connectivity index (χ2v) is 5.58. The van der Waals surface area contributed by atoms with Crippen molar-refractivity contribution in [3.8, 4) is 0 Å². The second kappa shape index (κ2) is 6.50. The number of amides is 1. The molecule has 0 bridgehead atoms. The standard InChI is InChI=1S/C11H13Cl2NO2S/c1-7(11(15)14(2)16-3)17-10-6-8(12)4-5-9(10)13/h4-7H,1-3H3. The maximum Gasteiger partial charge on any atom is 0.259 e. The van der Waals surface area contributed by atoms with Crippen LogP contribution >= 0.6 is 35.0 Å². The Hall–Kier alpha value is -0.420. The number of hydrogen-bond donors (Lipinski definition) is 0. The molecule has 0 saturated carbocycles. The van der Waals surface area contributed by atoms with Crippen molar-refractivity contribution in [1.29, 1.82) is 0 Å². The molecule has 0 spiro atoms. The maximum absolute atomic E-state index is 11.8. The summed E-state index contributed by atoms with van der Waals surface area (Å²) >= 11 is 13.2. The van der Waals surface area contributed by atoms with Gasteiger partial charge in [0.15, 0.2) is 0 Å². The summed E-state index contributed by atoms with van der Waals surface area (Å²) in [6.07, 6.45) is 0. The molecule has 1 rings (SSSR count). The molecule has 0 fully saturated rings. The van der Waals surface area contributed by atoms with Gasteiger partial charge >= 0.3 is 0 Å². The van der Waals surface area contributed by atoms with E-state index >= 15 is 0 Å². The molecule has 1 unspecified atom stereocenters. The Kier molecular flexibility index (Phi) is 5.59. The van der Waals surface area contributed by atoms with Crippen LogP contribution in [0.25, 0.3) is 0 Å². The molecular weight excluding hydrogens is 281 g/mol. The number of carbonyl (C=O) groups excluding carboxylic acids is 1. The molecule has 0 aliphatic heterocycles. The van der Waals surface area contributed by atoms with Crippen molar-refractivity contribution in [2.24, 2.45) is 0 Å². The third kappa shape index (κ3) is 4.07. The van der Waals surface area contributed by atoms with Gasteiger partial charge in [-0.15, -0.1) is 11.8 Å². The molecule has 1 atom stereocenters. The molecule has 0 heterocycles. The number of nitrogens with zero attached hydrogens (tertiary/aromatic N) is 1. The number of thioether (sulfide) groups is 1. The third-order valence-corrected chi connectivity index (χ3v) is 3.95. The van der Waals surface area contributed by atoms with E-state index in [1.165, 1.54) is 23.9 Å². The number of halogens is 2. The minimum Gasteiger partial charge on any atom is -0.275 e. The fraction of sp³-hybridized carbons (Fsp3) is 0.364. The van der Waals surface area contributed by atoms with E-state index in [9.17, 15) is 4.79 Å². The Labute approximate surface area is 115 Å². The van der Waals surface area contributed by atoms with Crippen LogP contribution in [0.1, 0.15) is 6.92 Å². The molecule has 0 aromatic heterocycles. The zero-order chi connectivity index (χ0) is 13.0. The average Bonchev–Trinajstić information content (AvgIpc) is 2.31. The van der Waals surface area contributed by atoms with Crippen molar-refractivity contribution in [3.63, 3.8) is 0 Å². The molecule has 1 aromatic rings. The monoisotopic (exact) mass is 293 g/mol. The van der Waals surface area contributed by atoms with E-state index in [1.807, 2.05) is 0 Å². The molecule has 94 valence electrons. The van der Waals surface area contributed by atoms with Gasteiger partial charge in [0.1, 0.15) is 0 Å². The Morgan fingerprint density at radius 2 is 2.12 bits per heavy atom. The summed E-state index contributed by atoms with van der Waals surface area (Å²) in [4.78, 5) is 17.4. The van der Waals surface area contributed by atoms with E-state index in [1.54, 1.807) is 32.2 Å². The zero-order valence-corrected chi connectivity index (χ0v) is 12.1. The normalized spacial score (nSPS) is 12.3. The highest BCUT2D eigenvalue weighted by Crippen LogP contribution is 2.33. The van der Waals surface area contributed by atoms with Crippen LogP contribution in [0.15, 0.2) is 23.1 Å². The van der Waals surface area contributed by atoms with E-state index in [2.05, 4.69) is 0 Å². The first-order chi connectivity index (χ1) is 7.95. The van der Waals surface area contributed by atoms with E-state index < -0.39 is 0 Å². The lowest BCUT2D eigenvalue weighted by molar-refractivity contribution is -0.167. The van der Waals surface area contributed by atoms with Gasteiger partial charge in [0.05, 0.1) is 17.4 Å². The van der Waals surface area contributed by atoms with Crippen molar-refractivity contribution < 1.29 is 9.63 Å². The lowest BCUT2D eigenvalue weighted by atomic mass is 10.4. The summed E-state index contributed by atoms with van der Waals surface area (Å²) in [6.45, 7) is 1.79. The molecular formula is C11H13Cl2NO2S. The molecule has 0 aliphatic rings.